The number of hydrogen-bond acceptors (Lipinski definition) is 4. The average Bonchev–Trinajstić information content (AvgIpc) is 2.55. The Morgan fingerprint density at radius 3 is 2.48 bits per heavy atom. The molecule has 23 heavy (non-hydrogen) atoms. The molecule has 0 aliphatic heterocycles. The number of carbonyl (C=O) groups is 1. The molecule has 0 spiro atoms. The molecule has 1 unspecified atom stereocenters. The van der Waals surface area contributed by atoms with Gasteiger partial charge < -0.3 is 14.6 Å². The standard InChI is InChI=1S/C18H19ClO4/c1-13(20)14-6-8-17(9-7-14)23-12-16(21)11-22-10-15-4-2-3-5-18(15)19/h2-9,16,21H,10-12H2,1H3. The summed E-state index contributed by atoms with van der Waals surface area (Å²) < 4.78 is 10.9. The third-order valence-electron chi connectivity index (χ3n) is 3.23. The van der Waals surface area contributed by atoms with Crippen molar-refractivity contribution in [3.05, 3.63) is 64.7 Å². The lowest BCUT2D eigenvalue weighted by atomic mass is 10.1. The van der Waals surface area contributed by atoms with Crippen LogP contribution in [-0.2, 0) is 11.3 Å². The van der Waals surface area contributed by atoms with Crippen molar-refractivity contribution in [3.8, 4) is 5.75 Å². The molecule has 2 aromatic rings. The molecule has 122 valence electrons. The molecule has 1 N–H and O–H groups in total. The molecule has 2 rings (SSSR count). The number of ether oxygens (including phenoxy) is 2. The van der Waals surface area contributed by atoms with Gasteiger partial charge in [-0.1, -0.05) is 29.8 Å². The minimum absolute atomic E-state index is 0.00422. The SMILES string of the molecule is CC(=O)c1ccc(OCC(O)COCc2ccccc2Cl)cc1. The summed E-state index contributed by atoms with van der Waals surface area (Å²) in [6.45, 7) is 2.11. The first-order valence-electron chi connectivity index (χ1n) is 7.29. The number of ketones is 1. The van der Waals surface area contributed by atoms with Crippen LogP contribution >= 0.6 is 11.6 Å². The Morgan fingerprint density at radius 1 is 1.13 bits per heavy atom. The van der Waals surface area contributed by atoms with E-state index in [-0.39, 0.29) is 19.0 Å². The van der Waals surface area contributed by atoms with E-state index in [1.807, 2.05) is 18.2 Å². The molecule has 0 radical (unpaired) electrons. The maximum Gasteiger partial charge on any atom is 0.159 e. The lowest BCUT2D eigenvalue weighted by molar-refractivity contribution is 0.00551. The highest BCUT2D eigenvalue weighted by molar-refractivity contribution is 6.31. The minimum atomic E-state index is -0.745. The molecule has 5 heteroatoms. The number of hydrogen-bond donors (Lipinski definition) is 1. The molecule has 0 heterocycles. The Kier molecular flexibility index (Phi) is 6.59. The maximum atomic E-state index is 11.2. The number of carbonyl (C=O) groups excluding carboxylic acids is 1. The molecule has 0 saturated carbocycles. The lowest BCUT2D eigenvalue weighted by Crippen LogP contribution is -2.23. The van der Waals surface area contributed by atoms with E-state index in [0.717, 1.165) is 5.56 Å². The summed E-state index contributed by atoms with van der Waals surface area (Å²) in [5.41, 5.74) is 1.50. The normalized spacial score (nSPS) is 12.0. The Morgan fingerprint density at radius 2 is 1.83 bits per heavy atom. The molecule has 2 aromatic carbocycles. The van der Waals surface area contributed by atoms with Crippen LogP contribution in [0.5, 0.6) is 5.75 Å². The number of Topliss-reactive ketones (excluding diaryl/α,β-unsaturated/α-hetero) is 1. The van der Waals surface area contributed by atoms with E-state index in [1.165, 1.54) is 6.92 Å². The Balaban J connectivity index is 1.71. The zero-order valence-electron chi connectivity index (χ0n) is 12.9. The first-order chi connectivity index (χ1) is 11.1. The minimum Gasteiger partial charge on any atom is -0.491 e. The first-order valence-corrected chi connectivity index (χ1v) is 7.67. The maximum absolute atomic E-state index is 11.2. The highest BCUT2D eigenvalue weighted by Crippen LogP contribution is 2.16. The van der Waals surface area contributed by atoms with Gasteiger partial charge in [-0.25, -0.2) is 0 Å². The van der Waals surface area contributed by atoms with Gasteiger partial charge in [0.15, 0.2) is 5.78 Å². The monoisotopic (exact) mass is 334 g/mol. The number of halogens is 1. The van der Waals surface area contributed by atoms with Crippen LogP contribution in [0.4, 0.5) is 0 Å². The first kappa shape index (κ1) is 17.5. The smallest absolute Gasteiger partial charge is 0.159 e. The second-order valence-corrected chi connectivity index (χ2v) is 5.56. The van der Waals surface area contributed by atoms with Crippen molar-refractivity contribution in [1.29, 1.82) is 0 Å². The molecule has 0 aliphatic rings. The topological polar surface area (TPSA) is 55.8 Å². The summed E-state index contributed by atoms with van der Waals surface area (Å²) in [5.74, 6) is 0.602. The van der Waals surface area contributed by atoms with Crippen LogP contribution in [-0.4, -0.2) is 30.2 Å². The summed E-state index contributed by atoms with van der Waals surface area (Å²) in [5, 5.41) is 10.5. The lowest BCUT2D eigenvalue weighted by Gasteiger charge is -2.13. The third-order valence-corrected chi connectivity index (χ3v) is 3.60. The van der Waals surface area contributed by atoms with Crippen molar-refractivity contribution in [3.63, 3.8) is 0 Å². The Labute approximate surface area is 140 Å². The largest absolute Gasteiger partial charge is 0.491 e. The molecule has 4 nitrogen and oxygen atoms in total. The average molecular weight is 335 g/mol. The predicted octanol–water partition coefficient (Wildman–Crippen LogP) is 3.50. The van der Waals surface area contributed by atoms with E-state index >= 15 is 0 Å². The molecule has 0 aromatic heterocycles. The fourth-order valence-corrected chi connectivity index (χ4v) is 2.14. The summed E-state index contributed by atoms with van der Waals surface area (Å²) in [6, 6.07) is 14.2. The molecule has 1 atom stereocenters. The van der Waals surface area contributed by atoms with Crippen molar-refractivity contribution in [1.82, 2.24) is 0 Å². The number of aliphatic hydroxyl groups excluding tert-OH is 1. The number of benzene rings is 2. The van der Waals surface area contributed by atoms with Gasteiger partial charge in [-0.05, 0) is 42.8 Å². The highest BCUT2D eigenvalue weighted by Gasteiger charge is 2.07. The molecule has 0 aliphatic carbocycles. The molecule has 0 bridgehead atoms. The van der Waals surface area contributed by atoms with Crippen LogP contribution < -0.4 is 4.74 Å². The summed E-state index contributed by atoms with van der Waals surface area (Å²) >= 11 is 6.02. The number of rotatable bonds is 8. The molecule has 0 amide bonds. The fraction of sp³-hybridized carbons (Fsp3) is 0.278. The van der Waals surface area contributed by atoms with Crippen LogP contribution in [0.15, 0.2) is 48.5 Å². The molecule has 0 saturated heterocycles. The van der Waals surface area contributed by atoms with Crippen molar-refractivity contribution >= 4 is 17.4 Å². The molecular formula is C18H19ClO4. The van der Waals surface area contributed by atoms with E-state index in [9.17, 15) is 9.90 Å². The highest BCUT2D eigenvalue weighted by atomic mass is 35.5. The summed E-state index contributed by atoms with van der Waals surface area (Å²) in [7, 11) is 0. The van der Waals surface area contributed by atoms with Crippen molar-refractivity contribution in [2.75, 3.05) is 13.2 Å². The zero-order chi connectivity index (χ0) is 16.7. The van der Waals surface area contributed by atoms with Crippen molar-refractivity contribution in [2.24, 2.45) is 0 Å². The van der Waals surface area contributed by atoms with Gasteiger partial charge in [0.1, 0.15) is 18.5 Å². The van der Waals surface area contributed by atoms with Gasteiger partial charge in [0, 0.05) is 10.6 Å². The van der Waals surface area contributed by atoms with Crippen LogP contribution in [0.2, 0.25) is 5.02 Å². The van der Waals surface area contributed by atoms with Crippen molar-refractivity contribution < 1.29 is 19.4 Å². The van der Waals surface area contributed by atoms with Gasteiger partial charge in [0.25, 0.3) is 0 Å². The van der Waals surface area contributed by atoms with Crippen molar-refractivity contribution in [2.45, 2.75) is 19.6 Å². The summed E-state index contributed by atoms with van der Waals surface area (Å²) in [6.07, 6.45) is -0.745. The van der Waals surface area contributed by atoms with Crippen LogP contribution in [0.3, 0.4) is 0 Å². The number of aliphatic hydroxyl groups is 1. The fourth-order valence-electron chi connectivity index (χ4n) is 1.95. The zero-order valence-corrected chi connectivity index (χ0v) is 13.6. The second kappa shape index (κ2) is 8.67. The molecular weight excluding hydrogens is 316 g/mol. The molecule has 0 fully saturated rings. The van der Waals surface area contributed by atoms with E-state index in [0.29, 0.717) is 22.9 Å². The van der Waals surface area contributed by atoms with E-state index in [2.05, 4.69) is 0 Å². The van der Waals surface area contributed by atoms with Crippen LogP contribution in [0.1, 0.15) is 22.8 Å². The van der Waals surface area contributed by atoms with Crippen LogP contribution in [0, 0.1) is 0 Å². The quantitative estimate of drug-likeness (QED) is 0.751. The van der Waals surface area contributed by atoms with E-state index in [1.54, 1.807) is 30.3 Å². The Bertz CT molecular complexity index is 640. The van der Waals surface area contributed by atoms with Gasteiger partial charge in [-0.2, -0.15) is 0 Å². The van der Waals surface area contributed by atoms with Gasteiger partial charge >= 0.3 is 0 Å². The third kappa shape index (κ3) is 5.67. The predicted molar refractivity (Wildman–Crippen MR) is 89.1 cm³/mol. The Hall–Kier alpha value is -1.88. The van der Waals surface area contributed by atoms with Gasteiger partial charge in [-0.3, -0.25) is 4.79 Å². The van der Waals surface area contributed by atoms with Gasteiger partial charge in [-0.15, -0.1) is 0 Å². The second-order valence-electron chi connectivity index (χ2n) is 5.15. The van der Waals surface area contributed by atoms with Crippen LogP contribution in [0.25, 0.3) is 0 Å². The van der Waals surface area contributed by atoms with E-state index in [4.69, 9.17) is 21.1 Å². The van der Waals surface area contributed by atoms with Gasteiger partial charge in [0.2, 0.25) is 0 Å². The van der Waals surface area contributed by atoms with E-state index < -0.39 is 6.10 Å². The summed E-state index contributed by atoms with van der Waals surface area (Å²) in [4.78, 5) is 11.2. The van der Waals surface area contributed by atoms with Gasteiger partial charge in [0.05, 0.1) is 13.2 Å².